The number of hydrogen-bond acceptors (Lipinski definition) is 4. The van der Waals surface area contributed by atoms with Gasteiger partial charge < -0.3 is 15.8 Å². The van der Waals surface area contributed by atoms with Gasteiger partial charge >= 0.3 is 0 Å². The molecule has 0 fully saturated rings. The molecule has 7 heteroatoms. The molecule has 3 N–H and O–H groups in total. The van der Waals surface area contributed by atoms with E-state index in [2.05, 4.69) is 10.3 Å². The molecular weight excluding hydrogens is 293 g/mol. The van der Waals surface area contributed by atoms with Crippen LogP contribution in [0.2, 0.25) is 0 Å². The maximum Gasteiger partial charge on any atom is 0.257 e. The van der Waals surface area contributed by atoms with Crippen LogP contribution in [-0.4, -0.2) is 22.5 Å². The van der Waals surface area contributed by atoms with Crippen LogP contribution >= 0.6 is 12.2 Å². The standard InChI is InChI=1S/C14H12FN3O2S/c15-10-5-9(6-17-7-10)14(19)18-11-1-3-12(4-2-11)20-8-13(16)21/h1-7H,8H2,(H2,16,21)(H,18,19). The van der Waals surface area contributed by atoms with Crippen LogP contribution in [0.25, 0.3) is 0 Å². The Hall–Kier alpha value is -2.54. The van der Waals surface area contributed by atoms with Gasteiger partial charge in [0.15, 0.2) is 0 Å². The predicted octanol–water partition coefficient (Wildman–Crippen LogP) is 2.14. The third kappa shape index (κ3) is 4.50. The van der Waals surface area contributed by atoms with Gasteiger partial charge in [-0.25, -0.2) is 4.39 Å². The summed E-state index contributed by atoms with van der Waals surface area (Å²) in [7, 11) is 0. The minimum atomic E-state index is -0.566. The first-order valence-corrected chi connectivity index (χ1v) is 6.38. The van der Waals surface area contributed by atoms with Crippen molar-refractivity contribution in [3.8, 4) is 5.75 Å². The average Bonchev–Trinajstić information content (AvgIpc) is 2.46. The summed E-state index contributed by atoms with van der Waals surface area (Å²) in [6.45, 7) is 0.149. The van der Waals surface area contributed by atoms with Crippen LogP contribution in [0.4, 0.5) is 10.1 Å². The Morgan fingerprint density at radius 2 is 2.05 bits per heavy atom. The molecule has 5 nitrogen and oxygen atoms in total. The van der Waals surface area contributed by atoms with E-state index in [-0.39, 0.29) is 17.2 Å². The number of benzene rings is 1. The van der Waals surface area contributed by atoms with Crippen molar-refractivity contribution in [1.29, 1.82) is 0 Å². The molecule has 2 rings (SSSR count). The van der Waals surface area contributed by atoms with Gasteiger partial charge in [0.25, 0.3) is 5.91 Å². The topological polar surface area (TPSA) is 77.2 Å². The van der Waals surface area contributed by atoms with E-state index < -0.39 is 11.7 Å². The largest absolute Gasteiger partial charge is 0.487 e. The molecule has 2 aromatic rings. The average molecular weight is 305 g/mol. The molecule has 0 unspecified atom stereocenters. The van der Waals surface area contributed by atoms with Crippen molar-refractivity contribution < 1.29 is 13.9 Å². The summed E-state index contributed by atoms with van der Waals surface area (Å²) < 4.78 is 18.3. The molecule has 0 saturated carbocycles. The fraction of sp³-hybridized carbons (Fsp3) is 0.0714. The number of thiocarbonyl (C=S) groups is 1. The minimum Gasteiger partial charge on any atom is -0.487 e. The van der Waals surface area contributed by atoms with Crippen molar-refractivity contribution >= 4 is 28.8 Å². The highest BCUT2D eigenvalue weighted by Gasteiger charge is 2.07. The monoisotopic (exact) mass is 305 g/mol. The number of nitrogens with two attached hydrogens (primary N) is 1. The summed E-state index contributed by atoms with van der Waals surface area (Å²) in [5, 5.41) is 2.63. The summed E-state index contributed by atoms with van der Waals surface area (Å²) in [4.78, 5) is 15.8. The van der Waals surface area contributed by atoms with E-state index in [9.17, 15) is 9.18 Å². The van der Waals surface area contributed by atoms with E-state index in [0.717, 1.165) is 12.3 Å². The lowest BCUT2D eigenvalue weighted by atomic mass is 10.2. The van der Waals surface area contributed by atoms with Crippen LogP contribution in [-0.2, 0) is 0 Å². The zero-order valence-electron chi connectivity index (χ0n) is 10.9. The molecule has 1 aromatic heterocycles. The van der Waals surface area contributed by atoms with E-state index >= 15 is 0 Å². The van der Waals surface area contributed by atoms with Crippen molar-refractivity contribution in [2.24, 2.45) is 5.73 Å². The molecule has 0 atom stereocenters. The van der Waals surface area contributed by atoms with Crippen LogP contribution < -0.4 is 15.8 Å². The Kier molecular flexibility index (Phi) is 4.78. The van der Waals surface area contributed by atoms with Crippen molar-refractivity contribution in [3.05, 3.63) is 54.1 Å². The molecule has 0 aliphatic carbocycles. The molecule has 0 bridgehead atoms. The van der Waals surface area contributed by atoms with Crippen LogP contribution in [0.1, 0.15) is 10.4 Å². The van der Waals surface area contributed by atoms with Gasteiger partial charge in [0.2, 0.25) is 0 Å². The van der Waals surface area contributed by atoms with Crippen LogP contribution in [0, 0.1) is 5.82 Å². The van der Waals surface area contributed by atoms with E-state index in [1.165, 1.54) is 6.20 Å². The van der Waals surface area contributed by atoms with Crippen molar-refractivity contribution in [2.45, 2.75) is 0 Å². The second-order valence-electron chi connectivity index (χ2n) is 4.13. The van der Waals surface area contributed by atoms with E-state index in [1.807, 2.05) is 0 Å². The predicted molar refractivity (Wildman–Crippen MR) is 80.9 cm³/mol. The highest BCUT2D eigenvalue weighted by molar-refractivity contribution is 7.80. The first-order valence-electron chi connectivity index (χ1n) is 5.97. The zero-order valence-corrected chi connectivity index (χ0v) is 11.7. The molecule has 0 aliphatic heterocycles. The van der Waals surface area contributed by atoms with Crippen molar-refractivity contribution in [2.75, 3.05) is 11.9 Å². The van der Waals surface area contributed by atoms with Crippen LogP contribution in [0.5, 0.6) is 5.75 Å². The maximum atomic E-state index is 13.0. The maximum absolute atomic E-state index is 13.0. The smallest absolute Gasteiger partial charge is 0.257 e. The number of anilines is 1. The Labute approximate surface area is 125 Å². The number of pyridine rings is 1. The molecule has 0 saturated heterocycles. The van der Waals surface area contributed by atoms with Gasteiger partial charge in [0.1, 0.15) is 23.2 Å². The van der Waals surface area contributed by atoms with Gasteiger partial charge in [-0.1, -0.05) is 12.2 Å². The lowest BCUT2D eigenvalue weighted by molar-refractivity contribution is 0.102. The normalized spacial score (nSPS) is 9.95. The summed E-state index contributed by atoms with van der Waals surface area (Å²) in [6, 6.07) is 7.75. The molecule has 0 radical (unpaired) electrons. The number of carbonyl (C=O) groups excluding carboxylic acids is 1. The summed E-state index contributed by atoms with van der Waals surface area (Å²) >= 11 is 4.70. The zero-order chi connectivity index (χ0) is 15.2. The number of nitrogens with zero attached hydrogens (tertiary/aromatic N) is 1. The van der Waals surface area contributed by atoms with Gasteiger partial charge in [-0.3, -0.25) is 9.78 Å². The minimum absolute atomic E-state index is 0.142. The van der Waals surface area contributed by atoms with Gasteiger partial charge in [0, 0.05) is 11.9 Å². The van der Waals surface area contributed by atoms with Crippen molar-refractivity contribution in [1.82, 2.24) is 4.98 Å². The number of ether oxygens (including phenoxy) is 1. The SMILES string of the molecule is NC(=S)COc1ccc(NC(=O)c2cncc(F)c2)cc1. The molecule has 0 aliphatic rings. The number of halogens is 1. The number of nitrogens with one attached hydrogen (secondary N) is 1. The first kappa shape index (κ1) is 14.9. The Bertz CT molecular complexity index is 662. The van der Waals surface area contributed by atoms with Gasteiger partial charge in [-0.05, 0) is 30.3 Å². The fourth-order valence-corrected chi connectivity index (χ4v) is 1.59. The number of aromatic nitrogens is 1. The third-order valence-corrected chi connectivity index (χ3v) is 2.58. The van der Waals surface area contributed by atoms with Crippen LogP contribution in [0.15, 0.2) is 42.7 Å². The quantitative estimate of drug-likeness (QED) is 0.828. The van der Waals surface area contributed by atoms with E-state index in [4.69, 9.17) is 22.7 Å². The molecule has 1 heterocycles. The third-order valence-electron chi connectivity index (χ3n) is 2.46. The summed E-state index contributed by atoms with van der Waals surface area (Å²) in [5.41, 5.74) is 6.02. The molecule has 108 valence electrons. The number of rotatable bonds is 5. The molecule has 21 heavy (non-hydrogen) atoms. The molecule has 1 aromatic carbocycles. The highest BCUT2D eigenvalue weighted by atomic mass is 32.1. The first-order chi connectivity index (χ1) is 10.0. The summed E-state index contributed by atoms with van der Waals surface area (Å²) in [6.07, 6.45) is 2.32. The lowest BCUT2D eigenvalue weighted by Gasteiger charge is -2.07. The van der Waals surface area contributed by atoms with E-state index in [1.54, 1.807) is 24.3 Å². The second-order valence-corrected chi connectivity index (χ2v) is 4.65. The van der Waals surface area contributed by atoms with Crippen LogP contribution in [0.3, 0.4) is 0 Å². The molecule has 0 spiro atoms. The van der Waals surface area contributed by atoms with Gasteiger partial charge in [-0.15, -0.1) is 0 Å². The molecular formula is C14H12FN3O2S. The summed E-state index contributed by atoms with van der Waals surface area (Å²) in [5.74, 6) is -0.434. The number of hydrogen-bond donors (Lipinski definition) is 2. The Morgan fingerprint density at radius 1 is 1.33 bits per heavy atom. The lowest BCUT2D eigenvalue weighted by Crippen LogP contribution is -2.17. The van der Waals surface area contributed by atoms with Crippen molar-refractivity contribution in [3.63, 3.8) is 0 Å². The van der Waals surface area contributed by atoms with Gasteiger partial charge in [-0.2, -0.15) is 0 Å². The van der Waals surface area contributed by atoms with E-state index in [0.29, 0.717) is 11.4 Å². The molecule has 1 amide bonds. The Morgan fingerprint density at radius 3 is 2.67 bits per heavy atom. The fourth-order valence-electron chi connectivity index (χ4n) is 1.53. The number of carbonyl (C=O) groups is 1. The Balaban J connectivity index is 2.00. The number of amides is 1. The second kappa shape index (κ2) is 6.76. The highest BCUT2D eigenvalue weighted by Crippen LogP contribution is 2.16. The van der Waals surface area contributed by atoms with Gasteiger partial charge in [0.05, 0.1) is 11.8 Å².